The molecule has 0 aliphatic rings. The van der Waals surface area contributed by atoms with E-state index in [-0.39, 0.29) is 6.04 Å². The van der Waals surface area contributed by atoms with Gasteiger partial charge in [-0.05, 0) is 30.8 Å². The van der Waals surface area contributed by atoms with Gasteiger partial charge in [-0.25, -0.2) is 0 Å². The number of rotatable bonds is 7. The van der Waals surface area contributed by atoms with Crippen molar-refractivity contribution < 1.29 is 4.74 Å². The number of thiophene rings is 1. The fourth-order valence-corrected chi connectivity index (χ4v) is 3.76. The molecular formula is C15H22ClN3OS. The van der Waals surface area contributed by atoms with E-state index in [0.29, 0.717) is 0 Å². The molecule has 2 aromatic rings. The van der Waals surface area contributed by atoms with E-state index in [0.717, 1.165) is 46.4 Å². The third-order valence-corrected chi connectivity index (χ3v) is 5.15. The van der Waals surface area contributed by atoms with Gasteiger partial charge in [0.15, 0.2) is 5.75 Å². The summed E-state index contributed by atoms with van der Waals surface area (Å²) < 4.78 is 7.52. The van der Waals surface area contributed by atoms with Crippen LogP contribution < -0.4 is 10.1 Å². The first-order valence-corrected chi connectivity index (χ1v) is 8.46. The maximum atomic E-state index is 6.48. The van der Waals surface area contributed by atoms with Crippen molar-refractivity contribution in [3.63, 3.8) is 0 Å². The minimum absolute atomic E-state index is 0.00481. The molecule has 0 fully saturated rings. The number of aromatic nitrogens is 2. The third-order valence-electron chi connectivity index (χ3n) is 3.37. The molecule has 0 amide bonds. The zero-order chi connectivity index (χ0) is 15.4. The normalized spacial score (nSPS) is 12.6. The van der Waals surface area contributed by atoms with Crippen LogP contribution >= 0.6 is 22.9 Å². The van der Waals surface area contributed by atoms with E-state index >= 15 is 0 Å². The van der Waals surface area contributed by atoms with Crippen LogP contribution in [0.4, 0.5) is 0 Å². The lowest BCUT2D eigenvalue weighted by Crippen LogP contribution is -2.25. The van der Waals surface area contributed by atoms with E-state index < -0.39 is 0 Å². The first-order valence-electron chi connectivity index (χ1n) is 7.20. The summed E-state index contributed by atoms with van der Waals surface area (Å²) in [5.74, 6) is 0.802. The van der Waals surface area contributed by atoms with Gasteiger partial charge in [-0.3, -0.25) is 4.68 Å². The fraction of sp³-hybridized carbons (Fsp3) is 0.533. The predicted octanol–water partition coefficient (Wildman–Crippen LogP) is 4.02. The number of halogens is 1. The fourth-order valence-electron chi connectivity index (χ4n) is 2.38. The highest BCUT2D eigenvalue weighted by Gasteiger charge is 2.26. The first kappa shape index (κ1) is 16.3. The Morgan fingerprint density at radius 1 is 1.48 bits per heavy atom. The number of methoxy groups -OCH3 is 1. The average Bonchev–Trinajstić information content (AvgIpc) is 3.02. The number of hydrogen-bond acceptors (Lipinski definition) is 4. The van der Waals surface area contributed by atoms with Crippen LogP contribution in [0.2, 0.25) is 5.02 Å². The first-order chi connectivity index (χ1) is 10.1. The van der Waals surface area contributed by atoms with Crippen molar-refractivity contribution in [1.29, 1.82) is 0 Å². The Hall–Kier alpha value is -1.04. The molecule has 116 valence electrons. The summed E-state index contributed by atoms with van der Waals surface area (Å²) in [5.41, 5.74) is 2.16. The Labute approximate surface area is 135 Å². The zero-order valence-corrected chi connectivity index (χ0v) is 14.5. The molecule has 0 spiro atoms. The Balaban J connectivity index is 2.51. The molecule has 2 rings (SSSR count). The summed E-state index contributed by atoms with van der Waals surface area (Å²) in [7, 11) is 1.68. The van der Waals surface area contributed by atoms with Gasteiger partial charge in [0.1, 0.15) is 5.69 Å². The lowest BCUT2D eigenvalue weighted by Gasteiger charge is -2.20. The molecule has 0 aliphatic carbocycles. The molecule has 6 heteroatoms. The second kappa shape index (κ2) is 7.29. The van der Waals surface area contributed by atoms with Crippen LogP contribution in [-0.2, 0) is 6.54 Å². The summed E-state index contributed by atoms with van der Waals surface area (Å²) in [6.45, 7) is 7.98. The molecule has 2 heterocycles. The molecule has 1 unspecified atom stereocenters. The monoisotopic (exact) mass is 327 g/mol. The van der Waals surface area contributed by atoms with Crippen LogP contribution in [0.15, 0.2) is 11.6 Å². The topological polar surface area (TPSA) is 39.1 Å². The highest BCUT2D eigenvalue weighted by Crippen LogP contribution is 2.38. The van der Waals surface area contributed by atoms with E-state index in [4.69, 9.17) is 16.3 Å². The number of nitrogens with zero attached hydrogens (tertiary/aromatic N) is 2. The standard InChI is InChI=1S/C15H22ClN3OS/c1-5-7-19-14(11(20-4)8-18-19)13(17-6-2)15-12(16)10(3)9-21-15/h8-9,13,17H,5-7H2,1-4H3. The van der Waals surface area contributed by atoms with Crippen LogP contribution in [0.5, 0.6) is 5.75 Å². The number of nitrogens with one attached hydrogen (secondary N) is 1. The van der Waals surface area contributed by atoms with Gasteiger partial charge in [0.05, 0.1) is 24.4 Å². The van der Waals surface area contributed by atoms with Crippen molar-refractivity contribution in [2.24, 2.45) is 0 Å². The Kier molecular flexibility index (Phi) is 5.67. The molecule has 2 aromatic heterocycles. The summed E-state index contributed by atoms with van der Waals surface area (Å²) in [6, 6.07) is 0.00481. The van der Waals surface area contributed by atoms with E-state index in [1.54, 1.807) is 24.6 Å². The lowest BCUT2D eigenvalue weighted by molar-refractivity contribution is 0.399. The number of hydrogen-bond donors (Lipinski definition) is 1. The number of ether oxygens (including phenoxy) is 1. The third kappa shape index (κ3) is 3.25. The lowest BCUT2D eigenvalue weighted by atomic mass is 10.1. The highest BCUT2D eigenvalue weighted by molar-refractivity contribution is 7.10. The minimum Gasteiger partial charge on any atom is -0.493 e. The molecule has 0 bridgehead atoms. The molecule has 21 heavy (non-hydrogen) atoms. The van der Waals surface area contributed by atoms with Gasteiger partial charge in [0.25, 0.3) is 0 Å². The number of aryl methyl sites for hydroxylation is 2. The maximum Gasteiger partial charge on any atom is 0.161 e. The maximum absolute atomic E-state index is 6.48. The second-order valence-electron chi connectivity index (χ2n) is 4.91. The summed E-state index contributed by atoms with van der Waals surface area (Å²) >= 11 is 8.16. The molecule has 0 aromatic carbocycles. The molecular weight excluding hydrogens is 306 g/mol. The molecule has 1 N–H and O–H groups in total. The van der Waals surface area contributed by atoms with Crippen molar-refractivity contribution in [3.05, 3.63) is 32.7 Å². The van der Waals surface area contributed by atoms with E-state index in [1.807, 2.05) is 11.6 Å². The van der Waals surface area contributed by atoms with Gasteiger partial charge in [0, 0.05) is 11.4 Å². The van der Waals surface area contributed by atoms with Crippen LogP contribution in [0, 0.1) is 6.92 Å². The van der Waals surface area contributed by atoms with Crippen LogP contribution in [-0.4, -0.2) is 23.4 Å². The van der Waals surface area contributed by atoms with Crippen molar-refractivity contribution in [2.45, 2.75) is 39.8 Å². The molecule has 1 atom stereocenters. The van der Waals surface area contributed by atoms with Gasteiger partial charge in [0.2, 0.25) is 0 Å². The SMILES string of the molecule is CCCn1ncc(OC)c1C(NCC)c1scc(C)c1Cl. The van der Waals surface area contributed by atoms with Crippen LogP contribution in [0.3, 0.4) is 0 Å². The smallest absolute Gasteiger partial charge is 0.161 e. The van der Waals surface area contributed by atoms with Crippen molar-refractivity contribution >= 4 is 22.9 Å². The summed E-state index contributed by atoms with van der Waals surface area (Å²) in [5, 5.41) is 10.9. The van der Waals surface area contributed by atoms with Gasteiger partial charge in [-0.15, -0.1) is 11.3 Å². The second-order valence-corrected chi connectivity index (χ2v) is 6.20. The van der Waals surface area contributed by atoms with E-state index in [2.05, 4.69) is 29.6 Å². The van der Waals surface area contributed by atoms with E-state index in [1.165, 1.54) is 0 Å². The quantitative estimate of drug-likeness (QED) is 0.834. The van der Waals surface area contributed by atoms with Crippen molar-refractivity contribution in [1.82, 2.24) is 15.1 Å². The molecule has 4 nitrogen and oxygen atoms in total. The summed E-state index contributed by atoms with van der Waals surface area (Å²) in [6.07, 6.45) is 2.80. The van der Waals surface area contributed by atoms with Gasteiger partial charge >= 0.3 is 0 Å². The predicted molar refractivity (Wildman–Crippen MR) is 88.7 cm³/mol. The largest absolute Gasteiger partial charge is 0.493 e. The van der Waals surface area contributed by atoms with Gasteiger partial charge in [-0.2, -0.15) is 5.10 Å². The summed E-state index contributed by atoms with van der Waals surface area (Å²) in [4.78, 5) is 1.12. The average molecular weight is 328 g/mol. The van der Waals surface area contributed by atoms with Crippen molar-refractivity contribution in [2.75, 3.05) is 13.7 Å². The molecule has 0 saturated heterocycles. The van der Waals surface area contributed by atoms with Crippen LogP contribution in [0.25, 0.3) is 0 Å². The minimum atomic E-state index is 0.00481. The van der Waals surface area contributed by atoms with Crippen LogP contribution in [0.1, 0.15) is 42.4 Å². The van der Waals surface area contributed by atoms with Gasteiger partial charge in [-0.1, -0.05) is 25.4 Å². The van der Waals surface area contributed by atoms with E-state index in [9.17, 15) is 0 Å². The Bertz CT molecular complexity index is 594. The zero-order valence-electron chi connectivity index (χ0n) is 12.9. The Morgan fingerprint density at radius 3 is 2.76 bits per heavy atom. The highest BCUT2D eigenvalue weighted by atomic mass is 35.5. The molecule has 0 saturated carbocycles. The Morgan fingerprint density at radius 2 is 2.24 bits per heavy atom. The van der Waals surface area contributed by atoms with Crippen molar-refractivity contribution in [3.8, 4) is 5.75 Å². The molecule has 0 radical (unpaired) electrons. The molecule has 0 aliphatic heterocycles. The van der Waals surface area contributed by atoms with Gasteiger partial charge < -0.3 is 10.1 Å².